The van der Waals surface area contributed by atoms with Gasteiger partial charge in [-0.25, -0.2) is 4.79 Å². The van der Waals surface area contributed by atoms with E-state index in [1.807, 2.05) is 0 Å². The fourth-order valence-corrected chi connectivity index (χ4v) is 1.46. The Balaban J connectivity index is 3.31. The van der Waals surface area contributed by atoms with Gasteiger partial charge in [0.2, 0.25) is 0 Å². The predicted molar refractivity (Wildman–Crippen MR) is 58.5 cm³/mol. The molecule has 0 aromatic heterocycles. The molecule has 0 amide bonds. The van der Waals surface area contributed by atoms with Gasteiger partial charge in [0.25, 0.3) is 0 Å². The molecule has 1 aromatic carbocycles. The number of carbonyl (C=O) groups excluding carboxylic acids is 1. The van der Waals surface area contributed by atoms with Gasteiger partial charge in [-0.1, -0.05) is 6.07 Å². The van der Waals surface area contributed by atoms with E-state index in [1.165, 1.54) is 12.1 Å². The largest absolute Gasteiger partial charge is 0.462 e. The standard InChI is InChI=1S/C12H11F2NO3/c1-3-17-11(16)10-7(2)4-5-9(8(10)6-15)18-12(13)14/h4-5,12H,3H2,1-2H3. The van der Waals surface area contributed by atoms with Gasteiger partial charge in [-0.2, -0.15) is 14.0 Å². The summed E-state index contributed by atoms with van der Waals surface area (Å²) < 4.78 is 33.3. The van der Waals surface area contributed by atoms with Gasteiger partial charge in [0.1, 0.15) is 17.4 Å². The molecule has 18 heavy (non-hydrogen) atoms. The van der Waals surface area contributed by atoms with Crippen LogP contribution in [0.25, 0.3) is 0 Å². The lowest BCUT2D eigenvalue weighted by Gasteiger charge is -2.12. The Morgan fingerprint density at radius 3 is 2.67 bits per heavy atom. The Labute approximate surface area is 103 Å². The van der Waals surface area contributed by atoms with Gasteiger partial charge in [0.15, 0.2) is 0 Å². The summed E-state index contributed by atoms with van der Waals surface area (Å²) in [5, 5.41) is 8.97. The van der Waals surface area contributed by atoms with Crippen molar-refractivity contribution in [3.63, 3.8) is 0 Å². The van der Waals surface area contributed by atoms with Crippen LogP contribution in [0, 0.1) is 18.3 Å². The molecule has 0 fully saturated rings. The van der Waals surface area contributed by atoms with E-state index in [1.54, 1.807) is 19.9 Å². The average Bonchev–Trinajstić information content (AvgIpc) is 2.30. The van der Waals surface area contributed by atoms with Crippen LogP contribution < -0.4 is 4.74 Å². The van der Waals surface area contributed by atoms with Crippen LogP contribution in [0.3, 0.4) is 0 Å². The summed E-state index contributed by atoms with van der Waals surface area (Å²) in [5.74, 6) is -1.06. The summed E-state index contributed by atoms with van der Waals surface area (Å²) in [6.45, 7) is 0.260. The van der Waals surface area contributed by atoms with Crippen molar-refractivity contribution in [3.8, 4) is 11.8 Å². The minimum Gasteiger partial charge on any atom is -0.462 e. The first kappa shape index (κ1) is 13.9. The molecule has 1 aromatic rings. The Morgan fingerprint density at radius 2 is 2.17 bits per heavy atom. The van der Waals surface area contributed by atoms with Crippen molar-refractivity contribution < 1.29 is 23.0 Å². The summed E-state index contributed by atoms with van der Waals surface area (Å²) in [7, 11) is 0. The van der Waals surface area contributed by atoms with Crippen molar-refractivity contribution in [1.82, 2.24) is 0 Å². The minimum absolute atomic E-state index is 0.0440. The molecule has 0 spiro atoms. The molecule has 0 saturated carbocycles. The molecule has 0 atom stereocenters. The van der Waals surface area contributed by atoms with Crippen molar-refractivity contribution in [3.05, 3.63) is 28.8 Å². The van der Waals surface area contributed by atoms with Crippen LogP contribution in [0.5, 0.6) is 5.75 Å². The molecule has 0 aliphatic rings. The van der Waals surface area contributed by atoms with Crippen LogP contribution in [-0.2, 0) is 4.74 Å². The second-order valence-electron chi connectivity index (χ2n) is 3.34. The smallest absolute Gasteiger partial charge is 0.387 e. The van der Waals surface area contributed by atoms with Crippen LogP contribution >= 0.6 is 0 Å². The highest BCUT2D eigenvalue weighted by Gasteiger charge is 2.21. The Bertz CT molecular complexity index is 495. The summed E-state index contributed by atoms with van der Waals surface area (Å²) in [6.07, 6.45) is 0. The number of halogens is 2. The molecule has 6 heteroatoms. The van der Waals surface area contributed by atoms with Gasteiger partial charge in [0, 0.05) is 0 Å². The number of ether oxygens (including phenoxy) is 2. The van der Waals surface area contributed by atoms with Gasteiger partial charge in [-0.05, 0) is 25.5 Å². The van der Waals surface area contributed by atoms with Crippen LogP contribution in [0.4, 0.5) is 8.78 Å². The van der Waals surface area contributed by atoms with E-state index in [4.69, 9.17) is 10.00 Å². The molecular formula is C12H11F2NO3. The zero-order valence-corrected chi connectivity index (χ0v) is 9.87. The second-order valence-corrected chi connectivity index (χ2v) is 3.34. The van der Waals surface area contributed by atoms with Crippen LogP contribution in [0.1, 0.15) is 28.4 Å². The van der Waals surface area contributed by atoms with E-state index in [2.05, 4.69) is 4.74 Å². The van der Waals surface area contributed by atoms with E-state index in [0.717, 1.165) is 0 Å². The Hall–Kier alpha value is -2.16. The predicted octanol–water partition coefficient (Wildman–Crippen LogP) is 2.64. The van der Waals surface area contributed by atoms with E-state index in [-0.39, 0.29) is 23.5 Å². The Morgan fingerprint density at radius 1 is 1.50 bits per heavy atom. The number of esters is 1. The van der Waals surface area contributed by atoms with Gasteiger partial charge < -0.3 is 9.47 Å². The van der Waals surface area contributed by atoms with Gasteiger partial charge in [-0.15, -0.1) is 0 Å². The minimum atomic E-state index is -3.06. The molecule has 0 N–H and O–H groups in total. The maximum atomic E-state index is 12.2. The first-order valence-electron chi connectivity index (χ1n) is 5.16. The first-order valence-corrected chi connectivity index (χ1v) is 5.16. The summed E-state index contributed by atoms with van der Waals surface area (Å²) in [6, 6.07) is 4.34. The van der Waals surface area contributed by atoms with Gasteiger partial charge >= 0.3 is 12.6 Å². The summed E-state index contributed by atoms with van der Waals surface area (Å²) in [4.78, 5) is 11.7. The van der Waals surface area contributed by atoms with Crippen LogP contribution in [0.15, 0.2) is 12.1 Å². The quantitative estimate of drug-likeness (QED) is 0.776. The molecule has 0 heterocycles. The third-order valence-corrected chi connectivity index (χ3v) is 2.18. The zero-order valence-electron chi connectivity index (χ0n) is 9.87. The number of nitrogens with zero attached hydrogens (tertiary/aromatic N) is 1. The number of rotatable bonds is 4. The number of hydrogen-bond acceptors (Lipinski definition) is 4. The lowest BCUT2D eigenvalue weighted by Crippen LogP contribution is -2.12. The molecule has 4 nitrogen and oxygen atoms in total. The fourth-order valence-electron chi connectivity index (χ4n) is 1.46. The average molecular weight is 255 g/mol. The maximum Gasteiger partial charge on any atom is 0.387 e. The van der Waals surface area contributed by atoms with Gasteiger partial charge in [0.05, 0.1) is 12.2 Å². The lowest BCUT2D eigenvalue weighted by molar-refractivity contribution is -0.0501. The molecular weight excluding hydrogens is 244 g/mol. The van der Waals surface area contributed by atoms with E-state index in [9.17, 15) is 13.6 Å². The second kappa shape index (κ2) is 5.96. The molecule has 96 valence electrons. The summed E-state index contributed by atoms with van der Waals surface area (Å²) >= 11 is 0. The van der Waals surface area contributed by atoms with Crippen LogP contribution in [-0.4, -0.2) is 19.2 Å². The van der Waals surface area contributed by atoms with E-state index < -0.39 is 12.6 Å². The maximum absolute atomic E-state index is 12.2. The molecule has 0 unspecified atom stereocenters. The SMILES string of the molecule is CCOC(=O)c1c(C)ccc(OC(F)F)c1C#N. The topological polar surface area (TPSA) is 59.3 Å². The van der Waals surface area contributed by atoms with Gasteiger partial charge in [-0.3, -0.25) is 0 Å². The number of benzene rings is 1. The van der Waals surface area contributed by atoms with Crippen molar-refractivity contribution in [2.24, 2.45) is 0 Å². The Kier molecular flexibility index (Phi) is 4.60. The monoisotopic (exact) mass is 255 g/mol. The zero-order chi connectivity index (χ0) is 13.7. The van der Waals surface area contributed by atoms with E-state index >= 15 is 0 Å². The third-order valence-electron chi connectivity index (χ3n) is 2.18. The molecule has 0 aliphatic carbocycles. The number of carbonyl (C=O) groups is 1. The highest BCUT2D eigenvalue weighted by Crippen LogP contribution is 2.26. The van der Waals surface area contributed by atoms with E-state index in [0.29, 0.717) is 5.56 Å². The van der Waals surface area contributed by atoms with Crippen molar-refractivity contribution >= 4 is 5.97 Å². The number of alkyl halides is 2. The highest BCUT2D eigenvalue weighted by atomic mass is 19.3. The lowest BCUT2D eigenvalue weighted by atomic mass is 10.0. The number of hydrogen-bond donors (Lipinski definition) is 0. The van der Waals surface area contributed by atoms with Crippen molar-refractivity contribution in [2.45, 2.75) is 20.5 Å². The molecule has 0 aliphatic heterocycles. The normalized spacial score (nSPS) is 10.0. The van der Waals surface area contributed by atoms with Crippen molar-refractivity contribution in [1.29, 1.82) is 5.26 Å². The number of aryl methyl sites for hydroxylation is 1. The first-order chi connectivity index (χ1) is 8.51. The molecule has 1 rings (SSSR count). The molecule has 0 radical (unpaired) electrons. The molecule has 0 bridgehead atoms. The fraction of sp³-hybridized carbons (Fsp3) is 0.333. The number of nitriles is 1. The van der Waals surface area contributed by atoms with Crippen molar-refractivity contribution in [2.75, 3.05) is 6.61 Å². The summed E-state index contributed by atoms with van der Waals surface area (Å²) in [5.41, 5.74) is 0.179. The molecule has 0 saturated heterocycles. The van der Waals surface area contributed by atoms with Crippen LogP contribution in [0.2, 0.25) is 0 Å². The highest BCUT2D eigenvalue weighted by molar-refractivity contribution is 5.94. The third kappa shape index (κ3) is 2.94.